The van der Waals surface area contributed by atoms with E-state index in [9.17, 15) is 9.59 Å². The van der Waals surface area contributed by atoms with Crippen LogP contribution in [0.3, 0.4) is 0 Å². The zero-order valence-electron chi connectivity index (χ0n) is 22.7. The first-order valence-corrected chi connectivity index (χ1v) is 13.3. The molecule has 5 rings (SSSR count). The average Bonchev–Trinajstić information content (AvgIpc) is 3.56. The Morgan fingerprint density at radius 3 is 2.74 bits per heavy atom. The summed E-state index contributed by atoms with van der Waals surface area (Å²) in [5.74, 6) is 0.643. The van der Waals surface area contributed by atoms with Gasteiger partial charge in [0.05, 0.1) is 24.9 Å². The molecular formula is C32H34N4O3. The van der Waals surface area contributed by atoms with Gasteiger partial charge in [0.15, 0.2) is 5.78 Å². The van der Waals surface area contributed by atoms with Crippen LogP contribution in [0.15, 0.2) is 83.9 Å². The van der Waals surface area contributed by atoms with Gasteiger partial charge in [-0.05, 0) is 74.3 Å². The van der Waals surface area contributed by atoms with E-state index in [0.717, 1.165) is 35.4 Å². The number of rotatable bonds is 10. The average molecular weight is 523 g/mol. The number of carbonyl (C=O) groups is 2. The molecule has 2 aliphatic rings. The van der Waals surface area contributed by atoms with E-state index in [1.165, 1.54) is 11.1 Å². The van der Waals surface area contributed by atoms with Gasteiger partial charge in [-0.25, -0.2) is 0 Å². The van der Waals surface area contributed by atoms with Gasteiger partial charge >= 0.3 is 0 Å². The van der Waals surface area contributed by atoms with E-state index in [4.69, 9.17) is 4.74 Å². The Morgan fingerprint density at radius 1 is 1.13 bits per heavy atom. The highest BCUT2D eigenvalue weighted by Crippen LogP contribution is 2.34. The Balaban J connectivity index is 1.23. The molecule has 39 heavy (non-hydrogen) atoms. The van der Waals surface area contributed by atoms with Crippen LogP contribution in [-0.4, -0.2) is 53.6 Å². The molecular weight excluding hydrogens is 488 g/mol. The molecule has 0 saturated heterocycles. The first-order valence-electron chi connectivity index (χ1n) is 13.3. The predicted molar refractivity (Wildman–Crippen MR) is 153 cm³/mol. The van der Waals surface area contributed by atoms with Crippen molar-refractivity contribution >= 4 is 17.8 Å². The van der Waals surface area contributed by atoms with Gasteiger partial charge in [-0.2, -0.15) is 5.10 Å². The van der Waals surface area contributed by atoms with E-state index in [1.807, 2.05) is 12.1 Å². The van der Waals surface area contributed by atoms with Gasteiger partial charge in [0.25, 0.3) is 5.91 Å². The van der Waals surface area contributed by atoms with Crippen LogP contribution >= 0.6 is 0 Å². The van der Waals surface area contributed by atoms with Crippen LogP contribution in [0.25, 0.3) is 6.08 Å². The number of amides is 1. The number of hydrogen-bond donors (Lipinski definition) is 1. The SMILES string of the molecule is Cc1ccc(Cn2cc(C(=O)NC3=CCC(=O)C(C4=Cc5cc(OCCCN(C)C)ccc5C4)=C3)cn2)cc1. The van der Waals surface area contributed by atoms with E-state index >= 15 is 0 Å². The second kappa shape index (κ2) is 11.7. The maximum Gasteiger partial charge on any atom is 0.258 e. The van der Waals surface area contributed by atoms with E-state index in [1.54, 1.807) is 29.2 Å². The lowest BCUT2D eigenvalue weighted by molar-refractivity contribution is -0.114. The summed E-state index contributed by atoms with van der Waals surface area (Å²) in [5.41, 5.74) is 7.27. The number of Topliss-reactive ketones (excluding diaryl/α,β-unsaturated/α-hetero) is 1. The van der Waals surface area contributed by atoms with Crippen LogP contribution in [0.1, 0.15) is 45.5 Å². The molecule has 7 heteroatoms. The third kappa shape index (κ3) is 6.62. The summed E-state index contributed by atoms with van der Waals surface area (Å²) in [4.78, 5) is 27.9. The van der Waals surface area contributed by atoms with E-state index in [2.05, 4.69) is 72.7 Å². The molecule has 3 aromatic rings. The lowest BCUT2D eigenvalue weighted by Crippen LogP contribution is -2.24. The second-order valence-corrected chi connectivity index (χ2v) is 10.4. The van der Waals surface area contributed by atoms with Crippen LogP contribution in [0, 0.1) is 6.92 Å². The summed E-state index contributed by atoms with van der Waals surface area (Å²) in [6.07, 6.45) is 10.8. The molecule has 0 unspecified atom stereocenters. The monoisotopic (exact) mass is 522 g/mol. The van der Waals surface area contributed by atoms with Gasteiger partial charge in [-0.3, -0.25) is 14.3 Å². The summed E-state index contributed by atoms with van der Waals surface area (Å²) >= 11 is 0. The van der Waals surface area contributed by atoms with Crippen LogP contribution < -0.4 is 10.1 Å². The number of carbonyl (C=O) groups excluding carboxylic acids is 2. The molecule has 0 saturated carbocycles. The van der Waals surface area contributed by atoms with E-state index in [0.29, 0.717) is 36.4 Å². The molecule has 0 atom stereocenters. The number of hydrogen-bond acceptors (Lipinski definition) is 5. The van der Waals surface area contributed by atoms with Crippen molar-refractivity contribution < 1.29 is 14.3 Å². The molecule has 1 N–H and O–H groups in total. The zero-order valence-corrected chi connectivity index (χ0v) is 22.7. The van der Waals surface area contributed by atoms with Crippen LogP contribution in [0.5, 0.6) is 5.75 Å². The third-order valence-electron chi connectivity index (χ3n) is 6.92. The highest BCUT2D eigenvalue weighted by atomic mass is 16.5. The lowest BCUT2D eigenvalue weighted by atomic mass is 9.93. The Kier molecular flexibility index (Phi) is 7.89. The molecule has 0 bridgehead atoms. The minimum absolute atomic E-state index is 0.0538. The van der Waals surface area contributed by atoms with Gasteiger partial charge in [0, 0.05) is 30.4 Å². The molecule has 2 aliphatic carbocycles. The molecule has 7 nitrogen and oxygen atoms in total. The van der Waals surface area contributed by atoms with Crippen molar-refractivity contribution in [3.8, 4) is 5.75 Å². The van der Waals surface area contributed by atoms with E-state index in [-0.39, 0.29) is 18.1 Å². The van der Waals surface area contributed by atoms with E-state index < -0.39 is 0 Å². The fourth-order valence-corrected chi connectivity index (χ4v) is 4.76. The van der Waals surface area contributed by atoms with Crippen molar-refractivity contribution in [2.24, 2.45) is 0 Å². The first-order chi connectivity index (χ1) is 18.8. The summed E-state index contributed by atoms with van der Waals surface area (Å²) < 4.78 is 7.68. The summed E-state index contributed by atoms with van der Waals surface area (Å²) in [6, 6.07) is 14.3. The minimum atomic E-state index is -0.249. The van der Waals surface area contributed by atoms with Crippen molar-refractivity contribution in [2.75, 3.05) is 27.2 Å². The van der Waals surface area contributed by atoms with Gasteiger partial charge in [0.2, 0.25) is 0 Å². The van der Waals surface area contributed by atoms with Crippen LogP contribution in [0.2, 0.25) is 0 Å². The van der Waals surface area contributed by atoms with Crippen molar-refractivity contribution in [2.45, 2.75) is 32.7 Å². The Hall–Kier alpha value is -4.23. The smallest absolute Gasteiger partial charge is 0.258 e. The number of ketones is 1. The van der Waals surface area contributed by atoms with Gasteiger partial charge in [-0.15, -0.1) is 0 Å². The maximum absolute atomic E-state index is 12.9. The van der Waals surface area contributed by atoms with Crippen molar-refractivity contribution in [1.29, 1.82) is 0 Å². The summed E-state index contributed by atoms with van der Waals surface area (Å²) in [5, 5.41) is 7.29. The number of fused-ring (bicyclic) bond motifs is 1. The highest BCUT2D eigenvalue weighted by Gasteiger charge is 2.24. The fourth-order valence-electron chi connectivity index (χ4n) is 4.76. The molecule has 0 aliphatic heterocycles. The number of ether oxygens (including phenoxy) is 1. The summed E-state index contributed by atoms with van der Waals surface area (Å²) in [7, 11) is 4.10. The summed E-state index contributed by atoms with van der Waals surface area (Å²) in [6.45, 7) is 4.28. The standard InChI is InChI=1S/C32H34N4O3/c1-22-5-7-23(8-6-22)20-36-21-27(19-33-36)32(38)34-28-10-12-31(37)30(18-28)26-15-24-9-11-29(17-25(24)16-26)39-14-4-13-35(2)3/h5-11,16-19,21H,4,12-15,20H2,1-3H3,(H,34,38). The fraction of sp³-hybridized carbons (Fsp3) is 0.281. The van der Waals surface area contributed by atoms with Crippen molar-refractivity contribution in [3.63, 3.8) is 0 Å². The maximum atomic E-state index is 12.9. The van der Waals surface area contributed by atoms with Crippen LogP contribution in [-0.2, 0) is 17.8 Å². The molecule has 0 spiro atoms. The van der Waals surface area contributed by atoms with Crippen LogP contribution in [0.4, 0.5) is 0 Å². The first kappa shape index (κ1) is 26.4. The molecule has 2 aromatic carbocycles. The molecule has 1 aromatic heterocycles. The Labute approximate surface area is 229 Å². The molecule has 1 heterocycles. The number of allylic oxidation sites excluding steroid dienone is 4. The van der Waals surface area contributed by atoms with Crippen molar-refractivity contribution in [3.05, 3.63) is 112 Å². The predicted octanol–water partition coefficient (Wildman–Crippen LogP) is 4.72. The Bertz CT molecular complexity index is 1480. The number of aryl methyl sites for hydroxylation is 1. The number of nitrogens with zero attached hydrogens (tertiary/aromatic N) is 3. The zero-order chi connectivity index (χ0) is 27.4. The molecule has 0 fully saturated rings. The minimum Gasteiger partial charge on any atom is -0.494 e. The van der Waals surface area contributed by atoms with Gasteiger partial charge in [0.1, 0.15) is 5.75 Å². The number of nitrogens with one attached hydrogen (secondary N) is 1. The largest absolute Gasteiger partial charge is 0.494 e. The second-order valence-electron chi connectivity index (χ2n) is 10.4. The molecule has 0 radical (unpaired) electrons. The Morgan fingerprint density at radius 2 is 1.95 bits per heavy atom. The third-order valence-corrected chi connectivity index (χ3v) is 6.92. The normalized spacial score (nSPS) is 14.6. The highest BCUT2D eigenvalue weighted by molar-refractivity contribution is 6.04. The number of benzene rings is 2. The molecule has 200 valence electrons. The number of aromatic nitrogens is 2. The van der Waals surface area contributed by atoms with Crippen molar-refractivity contribution in [1.82, 2.24) is 20.0 Å². The quantitative estimate of drug-likeness (QED) is 0.390. The topological polar surface area (TPSA) is 76.5 Å². The molecule has 1 amide bonds. The van der Waals surface area contributed by atoms with Gasteiger partial charge in [-0.1, -0.05) is 48.0 Å². The van der Waals surface area contributed by atoms with Gasteiger partial charge < -0.3 is 15.0 Å². The lowest BCUT2D eigenvalue weighted by Gasteiger charge is -2.15.